The molecule has 3 aromatic rings. The van der Waals surface area contributed by atoms with E-state index in [4.69, 9.17) is 4.42 Å². The minimum atomic E-state index is -0.406. The molecule has 0 unspecified atom stereocenters. The quantitative estimate of drug-likeness (QED) is 0.743. The fourth-order valence-corrected chi connectivity index (χ4v) is 2.63. The summed E-state index contributed by atoms with van der Waals surface area (Å²) in [6.45, 7) is 3.94. The maximum absolute atomic E-state index is 12.6. The molecule has 25 heavy (non-hydrogen) atoms. The molecule has 0 aliphatic rings. The zero-order valence-corrected chi connectivity index (χ0v) is 14.0. The first-order valence-corrected chi connectivity index (χ1v) is 7.86. The van der Waals surface area contributed by atoms with Crippen molar-refractivity contribution in [3.8, 4) is 0 Å². The Morgan fingerprint density at radius 2 is 1.56 bits per heavy atom. The molecule has 0 aliphatic heterocycles. The van der Waals surface area contributed by atoms with Gasteiger partial charge < -0.3 is 15.1 Å². The molecule has 0 radical (unpaired) electrons. The fourth-order valence-electron chi connectivity index (χ4n) is 2.63. The minimum absolute atomic E-state index is 0.185. The predicted molar refractivity (Wildman–Crippen MR) is 97.0 cm³/mol. The molecule has 0 saturated carbocycles. The minimum Gasteiger partial charge on any atom is -0.459 e. The molecule has 3 rings (SSSR count). The Kier molecular flexibility index (Phi) is 4.66. The maximum atomic E-state index is 12.6. The number of carbonyl (C=O) groups is 2. The van der Waals surface area contributed by atoms with Gasteiger partial charge in [-0.15, -0.1) is 0 Å². The highest BCUT2D eigenvalue weighted by molar-refractivity contribution is 6.12. The van der Waals surface area contributed by atoms with Gasteiger partial charge >= 0.3 is 0 Å². The third kappa shape index (κ3) is 3.95. The summed E-state index contributed by atoms with van der Waals surface area (Å²) in [4.78, 5) is 24.8. The Morgan fingerprint density at radius 1 is 0.840 bits per heavy atom. The summed E-state index contributed by atoms with van der Waals surface area (Å²) >= 11 is 0. The first-order chi connectivity index (χ1) is 12.0. The number of rotatable bonds is 4. The highest BCUT2D eigenvalue weighted by Crippen LogP contribution is 2.20. The predicted octanol–water partition coefficient (Wildman–Crippen LogP) is 4.40. The first-order valence-electron chi connectivity index (χ1n) is 7.86. The topological polar surface area (TPSA) is 71.3 Å². The SMILES string of the molecule is Cc1cc(C)cc(NC(=O)c2ccccc2NC(=O)c2ccco2)c1. The maximum Gasteiger partial charge on any atom is 0.291 e. The Hall–Kier alpha value is -3.34. The van der Waals surface area contributed by atoms with Crippen LogP contribution in [-0.2, 0) is 0 Å². The molecule has 0 spiro atoms. The van der Waals surface area contributed by atoms with Gasteiger partial charge in [-0.2, -0.15) is 0 Å². The molecule has 0 atom stereocenters. The van der Waals surface area contributed by atoms with E-state index in [9.17, 15) is 9.59 Å². The van der Waals surface area contributed by atoms with Crippen molar-refractivity contribution < 1.29 is 14.0 Å². The van der Waals surface area contributed by atoms with Crippen LogP contribution in [0.5, 0.6) is 0 Å². The van der Waals surface area contributed by atoms with Crippen LogP contribution in [0.2, 0.25) is 0 Å². The molecule has 0 fully saturated rings. The van der Waals surface area contributed by atoms with Gasteiger partial charge in [0.15, 0.2) is 5.76 Å². The Bertz CT molecular complexity index is 894. The van der Waals surface area contributed by atoms with Gasteiger partial charge in [-0.3, -0.25) is 9.59 Å². The largest absolute Gasteiger partial charge is 0.459 e. The summed E-state index contributed by atoms with van der Waals surface area (Å²) in [5.74, 6) is -0.512. The van der Waals surface area contributed by atoms with Crippen molar-refractivity contribution in [1.29, 1.82) is 0 Å². The number of benzene rings is 2. The highest BCUT2D eigenvalue weighted by Gasteiger charge is 2.15. The van der Waals surface area contributed by atoms with E-state index in [2.05, 4.69) is 10.6 Å². The van der Waals surface area contributed by atoms with Crippen LogP contribution in [0, 0.1) is 13.8 Å². The van der Waals surface area contributed by atoms with Crippen molar-refractivity contribution in [2.45, 2.75) is 13.8 Å². The van der Waals surface area contributed by atoms with Crippen LogP contribution < -0.4 is 10.6 Å². The summed E-state index contributed by atoms with van der Waals surface area (Å²) in [6.07, 6.45) is 1.42. The van der Waals surface area contributed by atoms with Gasteiger partial charge in [-0.05, 0) is 61.4 Å². The lowest BCUT2D eigenvalue weighted by Gasteiger charge is -2.11. The molecule has 1 heterocycles. The Morgan fingerprint density at radius 3 is 2.24 bits per heavy atom. The van der Waals surface area contributed by atoms with E-state index in [-0.39, 0.29) is 11.7 Å². The zero-order chi connectivity index (χ0) is 17.8. The molecule has 0 saturated heterocycles. The monoisotopic (exact) mass is 334 g/mol. The van der Waals surface area contributed by atoms with Crippen molar-refractivity contribution in [2.75, 3.05) is 10.6 Å². The summed E-state index contributed by atoms with van der Waals surface area (Å²) in [5.41, 5.74) is 3.64. The number of hydrogen-bond donors (Lipinski definition) is 2. The summed E-state index contributed by atoms with van der Waals surface area (Å²) in [7, 11) is 0. The van der Waals surface area contributed by atoms with Gasteiger partial charge in [0, 0.05) is 5.69 Å². The van der Waals surface area contributed by atoms with Gasteiger partial charge in [-0.25, -0.2) is 0 Å². The van der Waals surface area contributed by atoms with Crippen LogP contribution >= 0.6 is 0 Å². The van der Waals surface area contributed by atoms with Crippen LogP contribution in [0.4, 0.5) is 11.4 Å². The summed E-state index contributed by atoms with van der Waals surface area (Å²) in [6, 6.07) is 15.9. The van der Waals surface area contributed by atoms with Crippen LogP contribution in [-0.4, -0.2) is 11.8 Å². The normalized spacial score (nSPS) is 10.3. The number of amides is 2. The number of nitrogens with one attached hydrogen (secondary N) is 2. The van der Waals surface area contributed by atoms with Gasteiger partial charge in [0.25, 0.3) is 11.8 Å². The van der Waals surface area contributed by atoms with Crippen LogP contribution in [0.15, 0.2) is 65.3 Å². The second-order valence-electron chi connectivity index (χ2n) is 5.81. The van der Waals surface area contributed by atoms with Crippen molar-refractivity contribution in [1.82, 2.24) is 0 Å². The zero-order valence-electron chi connectivity index (χ0n) is 14.0. The average Bonchev–Trinajstić information content (AvgIpc) is 3.09. The smallest absolute Gasteiger partial charge is 0.291 e. The Labute approximate surface area is 145 Å². The number of para-hydroxylation sites is 1. The number of carbonyl (C=O) groups excluding carboxylic acids is 2. The van der Waals surface area contributed by atoms with Gasteiger partial charge in [0.05, 0.1) is 17.5 Å². The average molecular weight is 334 g/mol. The second-order valence-corrected chi connectivity index (χ2v) is 5.81. The molecule has 2 aromatic carbocycles. The third-order valence-corrected chi connectivity index (χ3v) is 3.64. The molecular weight excluding hydrogens is 316 g/mol. The Balaban J connectivity index is 1.82. The van der Waals surface area contributed by atoms with Gasteiger partial charge in [0.1, 0.15) is 0 Å². The van der Waals surface area contributed by atoms with Crippen molar-refractivity contribution >= 4 is 23.2 Å². The molecule has 2 amide bonds. The van der Waals surface area contributed by atoms with Crippen molar-refractivity contribution in [3.05, 3.63) is 83.3 Å². The molecule has 5 heteroatoms. The molecule has 126 valence electrons. The third-order valence-electron chi connectivity index (χ3n) is 3.64. The number of aryl methyl sites for hydroxylation is 2. The molecule has 0 aliphatic carbocycles. The van der Waals surface area contributed by atoms with Crippen LogP contribution in [0.3, 0.4) is 0 Å². The standard InChI is InChI=1S/C20H18N2O3/c1-13-10-14(2)12-15(11-13)21-19(23)16-6-3-4-7-17(16)22-20(24)18-8-5-9-25-18/h3-12H,1-2H3,(H,21,23)(H,22,24). The fraction of sp³-hybridized carbons (Fsp3) is 0.100. The molecular formula is C20H18N2O3. The molecule has 2 N–H and O–H groups in total. The van der Waals surface area contributed by atoms with E-state index in [0.717, 1.165) is 16.8 Å². The number of anilines is 2. The highest BCUT2D eigenvalue weighted by atomic mass is 16.3. The second kappa shape index (κ2) is 7.05. The number of furan rings is 1. The lowest BCUT2D eigenvalue weighted by atomic mass is 10.1. The van der Waals surface area contributed by atoms with E-state index in [1.165, 1.54) is 6.26 Å². The van der Waals surface area contributed by atoms with Crippen molar-refractivity contribution in [2.24, 2.45) is 0 Å². The van der Waals surface area contributed by atoms with E-state index in [1.807, 2.05) is 32.0 Å². The van der Waals surface area contributed by atoms with E-state index >= 15 is 0 Å². The first kappa shape index (κ1) is 16.5. The van der Waals surface area contributed by atoms with Crippen molar-refractivity contribution in [3.63, 3.8) is 0 Å². The van der Waals surface area contributed by atoms with Crippen LogP contribution in [0.1, 0.15) is 32.0 Å². The van der Waals surface area contributed by atoms with E-state index < -0.39 is 5.91 Å². The van der Waals surface area contributed by atoms with Gasteiger partial charge in [-0.1, -0.05) is 18.2 Å². The van der Waals surface area contributed by atoms with Crippen LogP contribution in [0.25, 0.3) is 0 Å². The summed E-state index contributed by atoms with van der Waals surface area (Å²) < 4.78 is 5.08. The summed E-state index contributed by atoms with van der Waals surface area (Å²) in [5, 5.41) is 5.58. The lowest BCUT2D eigenvalue weighted by Crippen LogP contribution is -2.18. The molecule has 0 bridgehead atoms. The molecule has 5 nitrogen and oxygen atoms in total. The molecule has 1 aromatic heterocycles. The van der Waals surface area contributed by atoms with E-state index in [1.54, 1.807) is 36.4 Å². The lowest BCUT2D eigenvalue weighted by molar-refractivity contribution is 0.0996. The van der Waals surface area contributed by atoms with Gasteiger partial charge in [0.2, 0.25) is 0 Å². The number of hydrogen-bond acceptors (Lipinski definition) is 3. The van der Waals surface area contributed by atoms with E-state index in [0.29, 0.717) is 11.3 Å².